The van der Waals surface area contributed by atoms with Crippen LogP contribution in [0.15, 0.2) is 22.7 Å². The number of carbonyl (C=O) groups excluding carboxylic acids is 1. The minimum absolute atomic E-state index is 0.165. The zero-order valence-corrected chi connectivity index (χ0v) is 12.0. The molecular weight excluding hydrogens is 294 g/mol. The Kier molecular flexibility index (Phi) is 4.88. The molecule has 1 amide bonds. The van der Waals surface area contributed by atoms with Gasteiger partial charge in [0.1, 0.15) is 6.07 Å². The van der Waals surface area contributed by atoms with Gasteiger partial charge in [0, 0.05) is 11.0 Å². The molecule has 0 aliphatic heterocycles. The second kappa shape index (κ2) is 5.98. The number of amides is 1. The van der Waals surface area contributed by atoms with Crippen molar-refractivity contribution in [1.29, 1.82) is 5.26 Å². The summed E-state index contributed by atoms with van der Waals surface area (Å²) >= 11 is 3.31. The number of nitrogens with two attached hydrogens (primary N) is 1. The summed E-state index contributed by atoms with van der Waals surface area (Å²) in [6.07, 6.45) is 0.644. The van der Waals surface area contributed by atoms with Crippen LogP contribution >= 0.6 is 15.9 Å². The minimum atomic E-state index is -0.616. The number of hydrogen-bond acceptors (Lipinski definition) is 3. The topological polar surface area (TPSA) is 78.9 Å². The van der Waals surface area contributed by atoms with E-state index in [1.165, 1.54) is 0 Å². The summed E-state index contributed by atoms with van der Waals surface area (Å²) in [4.78, 5) is 12.2. The number of nitrogens with one attached hydrogen (secondary N) is 1. The molecule has 0 fully saturated rings. The Labute approximate surface area is 115 Å². The Balaban J connectivity index is 3.02. The molecule has 5 heteroatoms. The van der Waals surface area contributed by atoms with Crippen LogP contribution in [0.4, 0.5) is 5.69 Å². The zero-order valence-electron chi connectivity index (χ0n) is 10.5. The molecule has 96 valence electrons. The van der Waals surface area contributed by atoms with Gasteiger partial charge in [0.05, 0.1) is 16.7 Å². The fourth-order valence-corrected chi connectivity index (χ4v) is 1.75. The molecule has 0 saturated heterocycles. The van der Waals surface area contributed by atoms with Crippen molar-refractivity contribution in [1.82, 2.24) is 0 Å². The van der Waals surface area contributed by atoms with E-state index in [0.29, 0.717) is 17.7 Å². The first kappa shape index (κ1) is 14.7. The number of hydrogen-bond donors (Lipinski definition) is 2. The van der Waals surface area contributed by atoms with Crippen molar-refractivity contribution >= 4 is 27.5 Å². The monoisotopic (exact) mass is 309 g/mol. The van der Waals surface area contributed by atoms with Gasteiger partial charge >= 0.3 is 0 Å². The summed E-state index contributed by atoms with van der Waals surface area (Å²) in [6, 6.07) is 7.18. The lowest BCUT2D eigenvalue weighted by Crippen LogP contribution is -2.39. The highest BCUT2D eigenvalue weighted by Crippen LogP contribution is 2.25. The molecule has 0 aliphatic carbocycles. The van der Waals surface area contributed by atoms with E-state index in [0.717, 1.165) is 4.47 Å². The summed E-state index contributed by atoms with van der Waals surface area (Å²) in [6.45, 7) is 4.00. The predicted molar refractivity (Wildman–Crippen MR) is 74.9 cm³/mol. The number of rotatable bonds is 4. The molecule has 1 unspecified atom stereocenters. The Hall–Kier alpha value is -1.38. The fourth-order valence-electron chi connectivity index (χ4n) is 1.39. The molecule has 0 heterocycles. The maximum atomic E-state index is 12.2. The van der Waals surface area contributed by atoms with Crippen molar-refractivity contribution < 1.29 is 4.79 Å². The number of nitriles is 1. The van der Waals surface area contributed by atoms with Crippen molar-refractivity contribution in [3.8, 4) is 6.07 Å². The third-order valence-corrected chi connectivity index (χ3v) is 3.62. The largest absolute Gasteiger partial charge is 0.329 e. The molecule has 0 saturated carbocycles. The third-order valence-electron chi connectivity index (χ3n) is 3.13. The number of nitrogens with zero attached hydrogens (tertiary/aromatic N) is 1. The van der Waals surface area contributed by atoms with Gasteiger partial charge in [0.15, 0.2) is 0 Å². The fraction of sp³-hybridized carbons (Fsp3) is 0.385. The van der Waals surface area contributed by atoms with E-state index in [9.17, 15) is 4.79 Å². The molecule has 18 heavy (non-hydrogen) atoms. The Morgan fingerprint density at radius 1 is 1.61 bits per heavy atom. The molecule has 4 nitrogen and oxygen atoms in total. The SMILES string of the molecule is CCC(C)(CN)C(=O)Nc1cc(Br)ccc1C#N. The van der Waals surface area contributed by atoms with E-state index in [1.54, 1.807) is 18.2 Å². The molecule has 1 atom stereocenters. The summed E-state index contributed by atoms with van der Waals surface area (Å²) in [7, 11) is 0. The van der Waals surface area contributed by atoms with Gasteiger partial charge in [-0.2, -0.15) is 5.26 Å². The Morgan fingerprint density at radius 2 is 2.28 bits per heavy atom. The van der Waals surface area contributed by atoms with Gasteiger partial charge in [-0.1, -0.05) is 22.9 Å². The second-order valence-electron chi connectivity index (χ2n) is 4.37. The van der Waals surface area contributed by atoms with Crippen LogP contribution in [-0.4, -0.2) is 12.5 Å². The Morgan fingerprint density at radius 3 is 2.78 bits per heavy atom. The average Bonchev–Trinajstić information content (AvgIpc) is 2.38. The first-order chi connectivity index (χ1) is 8.46. The van der Waals surface area contributed by atoms with Crippen LogP contribution < -0.4 is 11.1 Å². The first-order valence-electron chi connectivity index (χ1n) is 5.68. The van der Waals surface area contributed by atoms with Crippen molar-refractivity contribution in [2.75, 3.05) is 11.9 Å². The molecule has 0 aliphatic rings. The highest BCUT2D eigenvalue weighted by molar-refractivity contribution is 9.10. The van der Waals surface area contributed by atoms with Crippen molar-refractivity contribution in [2.24, 2.45) is 11.1 Å². The average molecular weight is 310 g/mol. The first-order valence-corrected chi connectivity index (χ1v) is 6.47. The van der Waals surface area contributed by atoms with Gasteiger partial charge in [-0.05, 0) is 31.5 Å². The van der Waals surface area contributed by atoms with Crippen LogP contribution in [-0.2, 0) is 4.79 Å². The molecule has 3 N–H and O–H groups in total. The smallest absolute Gasteiger partial charge is 0.231 e. The summed E-state index contributed by atoms with van der Waals surface area (Å²) in [5.74, 6) is -0.165. The molecule has 0 bridgehead atoms. The number of benzene rings is 1. The predicted octanol–water partition coefficient (Wildman–Crippen LogP) is 2.63. The van der Waals surface area contributed by atoms with E-state index in [4.69, 9.17) is 11.0 Å². The highest BCUT2D eigenvalue weighted by Gasteiger charge is 2.30. The van der Waals surface area contributed by atoms with Crippen LogP contribution in [0.3, 0.4) is 0 Å². The lowest BCUT2D eigenvalue weighted by Gasteiger charge is -2.25. The van der Waals surface area contributed by atoms with Crippen molar-refractivity contribution in [3.63, 3.8) is 0 Å². The number of halogens is 1. The van der Waals surface area contributed by atoms with Gasteiger partial charge in [0.2, 0.25) is 5.91 Å². The lowest BCUT2D eigenvalue weighted by atomic mass is 9.86. The van der Waals surface area contributed by atoms with Crippen molar-refractivity contribution in [3.05, 3.63) is 28.2 Å². The van der Waals surface area contributed by atoms with Gasteiger partial charge in [-0.3, -0.25) is 4.79 Å². The van der Waals surface area contributed by atoms with Crippen LogP contribution in [0.2, 0.25) is 0 Å². The molecule has 0 aromatic heterocycles. The third kappa shape index (κ3) is 3.09. The molecule has 0 spiro atoms. The molecule has 1 rings (SSSR count). The standard InChI is InChI=1S/C13H16BrN3O/c1-3-13(2,8-16)12(18)17-11-6-10(14)5-4-9(11)7-15/h4-6H,3,8,16H2,1-2H3,(H,17,18). The van der Waals surface area contributed by atoms with Crippen LogP contribution in [0, 0.1) is 16.7 Å². The summed E-state index contributed by atoms with van der Waals surface area (Å²) < 4.78 is 0.808. The van der Waals surface area contributed by atoms with Crippen LogP contribution in [0.25, 0.3) is 0 Å². The summed E-state index contributed by atoms with van der Waals surface area (Å²) in [5, 5.41) is 11.8. The van der Waals surface area contributed by atoms with Gasteiger partial charge in [-0.25, -0.2) is 0 Å². The van der Waals surface area contributed by atoms with E-state index < -0.39 is 5.41 Å². The maximum absolute atomic E-state index is 12.2. The molecule has 0 radical (unpaired) electrons. The lowest BCUT2D eigenvalue weighted by molar-refractivity contribution is -0.124. The molecule has 1 aromatic carbocycles. The maximum Gasteiger partial charge on any atom is 0.231 e. The van der Waals surface area contributed by atoms with E-state index in [2.05, 4.69) is 21.2 Å². The zero-order chi connectivity index (χ0) is 13.8. The van der Waals surface area contributed by atoms with Crippen LogP contribution in [0.1, 0.15) is 25.8 Å². The second-order valence-corrected chi connectivity index (χ2v) is 5.29. The number of anilines is 1. The van der Waals surface area contributed by atoms with Gasteiger partial charge in [-0.15, -0.1) is 0 Å². The minimum Gasteiger partial charge on any atom is -0.329 e. The molecular formula is C13H16BrN3O. The summed E-state index contributed by atoms with van der Waals surface area (Å²) in [5.41, 5.74) is 5.96. The number of carbonyl (C=O) groups is 1. The normalized spacial score (nSPS) is 13.5. The van der Waals surface area contributed by atoms with Crippen LogP contribution in [0.5, 0.6) is 0 Å². The van der Waals surface area contributed by atoms with E-state index in [-0.39, 0.29) is 12.5 Å². The van der Waals surface area contributed by atoms with Crippen molar-refractivity contribution in [2.45, 2.75) is 20.3 Å². The van der Waals surface area contributed by atoms with Gasteiger partial charge in [0.25, 0.3) is 0 Å². The Bertz CT molecular complexity index is 489. The van der Waals surface area contributed by atoms with E-state index >= 15 is 0 Å². The van der Waals surface area contributed by atoms with Gasteiger partial charge < -0.3 is 11.1 Å². The quantitative estimate of drug-likeness (QED) is 0.897. The highest BCUT2D eigenvalue weighted by atomic mass is 79.9. The molecule has 1 aromatic rings. The van der Waals surface area contributed by atoms with E-state index in [1.807, 2.05) is 19.9 Å².